The number of urea groups is 1. The lowest BCUT2D eigenvalue weighted by Crippen LogP contribution is -2.44. The van der Waals surface area contributed by atoms with Gasteiger partial charge in [-0.3, -0.25) is 15.0 Å². The Morgan fingerprint density at radius 1 is 1.15 bits per heavy atom. The number of amides is 3. The average molecular weight is 367 g/mol. The van der Waals surface area contributed by atoms with Crippen LogP contribution < -0.4 is 15.4 Å². The van der Waals surface area contributed by atoms with Gasteiger partial charge in [0.2, 0.25) is 5.91 Å². The number of rotatable bonds is 8. The van der Waals surface area contributed by atoms with Crippen LogP contribution in [0.4, 0.5) is 4.79 Å². The molecule has 0 heterocycles. The second-order valence-corrected chi connectivity index (χ2v) is 6.04. The van der Waals surface area contributed by atoms with Crippen LogP contribution in [-0.4, -0.2) is 37.5 Å². The number of benzene rings is 2. The lowest BCUT2D eigenvalue weighted by atomic mass is 10.0. The number of carbonyl (C=O) groups excluding carboxylic acids is 2. The van der Waals surface area contributed by atoms with Crippen LogP contribution >= 0.6 is 0 Å². The topological polar surface area (TPSA) is 70.7 Å². The van der Waals surface area contributed by atoms with Gasteiger partial charge >= 0.3 is 6.03 Å². The Bertz CT molecular complexity index is 760. The van der Waals surface area contributed by atoms with Gasteiger partial charge in [-0.1, -0.05) is 55.1 Å². The van der Waals surface area contributed by atoms with Gasteiger partial charge in [0.25, 0.3) is 0 Å². The van der Waals surface area contributed by atoms with Gasteiger partial charge < -0.3 is 10.1 Å². The first kappa shape index (κ1) is 20.2. The molecule has 2 rings (SSSR count). The first-order valence-corrected chi connectivity index (χ1v) is 8.65. The molecule has 2 aromatic rings. The first-order chi connectivity index (χ1) is 13.0. The van der Waals surface area contributed by atoms with Gasteiger partial charge in [0.05, 0.1) is 0 Å². The van der Waals surface area contributed by atoms with Gasteiger partial charge in [-0.2, -0.15) is 0 Å². The number of nitrogens with one attached hydrogen (secondary N) is 2. The highest BCUT2D eigenvalue weighted by Gasteiger charge is 2.26. The number of ether oxygens (including phenoxy) is 1. The van der Waals surface area contributed by atoms with Crippen LogP contribution in [0.15, 0.2) is 67.3 Å². The normalized spacial score (nSPS) is 11.5. The zero-order chi connectivity index (χ0) is 19.6. The molecule has 2 aromatic carbocycles. The van der Waals surface area contributed by atoms with Crippen molar-refractivity contribution in [1.82, 2.24) is 15.5 Å². The third kappa shape index (κ3) is 5.97. The number of imide groups is 1. The van der Waals surface area contributed by atoms with E-state index in [1.165, 1.54) is 7.05 Å². The number of likely N-dealkylation sites (N-methyl/N-ethyl adjacent to an activating group) is 1. The van der Waals surface area contributed by atoms with E-state index in [-0.39, 0.29) is 5.91 Å². The molecule has 142 valence electrons. The Labute approximate surface area is 159 Å². The molecule has 0 bridgehead atoms. The van der Waals surface area contributed by atoms with Crippen molar-refractivity contribution in [2.45, 2.75) is 12.6 Å². The van der Waals surface area contributed by atoms with Crippen molar-refractivity contribution < 1.29 is 14.3 Å². The van der Waals surface area contributed by atoms with E-state index in [1.807, 2.05) is 66.5 Å². The Hall–Kier alpha value is -3.12. The van der Waals surface area contributed by atoms with E-state index >= 15 is 0 Å². The molecule has 27 heavy (non-hydrogen) atoms. The molecule has 0 aliphatic heterocycles. The molecular weight excluding hydrogens is 342 g/mol. The summed E-state index contributed by atoms with van der Waals surface area (Å²) in [5.41, 5.74) is 1.84. The molecule has 0 aromatic heterocycles. The molecule has 0 radical (unpaired) electrons. The minimum Gasteiger partial charge on any atom is -0.490 e. The second-order valence-electron chi connectivity index (χ2n) is 6.04. The summed E-state index contributed by atoms with van der Waals surface area (Å²) in [6, 6.07) is 15.9. The molecule has 0 saturated heterocycles. The summed E-state index contributed by atoms with van der Waals surface area (Å²) in [4.78, 5) is 26.2. The quantitative estimate of drug-likeness (QED) is 0.704. The molecule has 0 aliphatic rings. The molecule has 0 spiro atoms. The summed E-state index contributed by atoms with van der Waals surface area (Å²) >= 11 is 0. The van der Waals surface area contributed by atoms with E-state index in [0.717, 1.165) is 16.9 Å². The summed E-state index contributed by atoms with van der Waals surface area (Å²) in [6.07, 6.45) is 1.69. The average Bonchev–Trinajstić information content (AvgIpc) is 2.68. The van der Waals surface area contributed by atoms with Crippen molar-refractivity contribution in [2.24, 2.45) is 0 Å². The molecule has 0 aliphatic carbocycles. The van der Waals surface area contributed by atoms with Gasteiger partial charge in [-0.15, -0.1) is 0 Å². The van der Waals surface area contributed by atoms with Crippen molar-refractivity contribution in [2.75, 3.05) is 20.7 Å². The Morgan fingerprint density at radius 3 is 2.41 bits per heavy atom. The third-order valence-electron chi connectivity index (χ3n) is 3.99. The summed E-state index contributed by atoms with van der Waals surface area (Å²) in [7, 11) is 3.32. The minimum absolute atomic E-state index is 0.381. The van der Waals surface area contributed by atoms with Crippen molar-refractivity contribution in [3.8, 4) is 5.75 Å². The fourth-order valence-electron chi connectivity index (χ4n) is 2.71. The zero-order valence-electron chi connectivity index (χ0n) is 15.6. The molecule has 0 unspecified atom stereocenters. The van der Waals surface area contributed by atoms with E-state index < -0.39 is 12.1 Å². The maximum Gasteiger partial charge on any atom is 0.321 e. The summed E-state index contributed by atoms with van der Waals surface area (Å²) < 4.78 is 5.49. The highest BCUT2D eigenvalue weighted by molar-refractivity contribution is 5.97. The van der Waals surface area contributed by atoms with Crippen LogP contribution in [0.5, 0.6) is 5.75 Å². The fourth-order valence-corrected chi connectivity index (χ4v) is 2.71. The first-order valence-electron chi connectivity index (χ1n) is 8.65. The maximum absolute atomic E-state index is 12.7. The van der Waals surface area contributed by atoms with Crippen molar-refractivity contribution in [1.29, 1.82) is 0 Å². The second kappa shape index (κ2) is 10.1. The Balaban J connectivity index is 2.15. The van der Waals surface area contributed by atoms with Crippen LogP contribution in [0.25, 0.3) is 0 Å². The number of nitrogens with zero attached hydrogens (tertiary/aromatic N) is 1. The van der Waals surface area contributed by atoms with Gasteiger partial charge in [0.1, 0.15) is 18.4 Å². The van der Waals surface area contributed by atoms with Crippen molar-refractivity contribution >= 4 is 11.9 Å². The van der Waals surface area contributed by atoms with Crippen LogP contribution in [-0.2, 0) is 11.3 Å². The smallest absolute Gasteiger partial charge is 0.321 e. The van der Waals surface area contributed by atoms with Gasteiger partial charge in [-0.05, 0) is 30.3 Å². The lowest BCUT2D eigenvalue weighted by molar-refractivity contribution is -0.125. The van der Waals surface area contributed by atoms with E-state index in [4.69, 9.17) is 4.74 Å². The monoisotopic (exact) mass is 367 g/mol. The SMILES string of the molecule is C=CCOc1ccc(CN(C)[C@H](C(=O)NC(=O)NC)c2ccccc2)cc1. The molecule has 6 nitrogen and oxygen atoms in total. The predicted octanol–water partition coefficient (Wildman–Crippen LogP) is 2.88. The minimum atomic E-state index is -0.597. The standard InChI is InChI=1S/C21H25N3O3/c1-4-14-27-18-12-10-16(11-13-18)15-24(3)19(17-8-6-5-7-9-17)20(25)23-21(26)22-2/h4-13,19H,1,14-15H2,2-3H3,(H2,22,23,25,26)/t19-/m0/s1. The van der Waals surface area contributed by atoms with E-state index in [1.54, 1.807) is 6.08 Å². The zero-order valence-corrected chi connectivity index (χ0v) is 15.6. The number of hydrogen-bond donors (Lipinski definition) is 2. The Kier molecular flexibility index (Phi) is 7.58. The molecule has 3 amide bonds. The summed E-state index contributed by atoms with van der Waals surface area (Å²) in [5.74, 6) is 0.382. The molecule has 0 fully saturated rings. The van der Waals surface area contributed by atoms with Crippen LogP contribution in [0.3, 0.4) is 0 Å². The summed E-state index contributed by atoms with van der Waals surface area (Å²) in [6.45, 7) is 4.61. The maximum atomic E-state index is 12.7. The molecule has 1 atom stereocenters. The molecule has 0 saturated carbocycles. The molecule has 6 heteroatoms. The van der Waals surface area contributed by atoms with Gasteiger partial charge in [-0.25, -0.2) is 4.79 Å². The van der Waals surface area contributed by atoms with E-state index in [2.05, 4.69) is 17.2 Å². The van der Waals surface area contributed by atoms with Crippen LogP contribution in [0, 0.1) is 0 Å². The van der Waals surface area contributed by atoms with Gasteiger partial charge in [0.15, 0.2) is 0 Å². The number of hydrogen-bond acceptors (Lipinski definition) is 4. The Morgan fingerprint density at radius 2 is 1.81 bits per heavy atom. The third-order valence-corrected chi connectivity index (χ3v) is 3.99. The van der Waals surface area contributed by atoms with Gasteiger partial charge in [0, 0.05) is 13.6 Å². The molecule has 2 N–H and O–H groups in total. The van der Waals surface area contributed by atoms with Crippen molar-refractivity contribution in [3.63, 3.8) is 0 Å². The van der Waals surface area contributed by atoms with Crippen LogP contribution in [0.2, 0.25) is 0 Å². The predicted molar refractivity (Wildman–Crippen MR) is 105 cm³/mol. The number of carbonyl (C=O) groups is 2. The largest absolute Gasteiger partial charge is 0.490 e. The van der Waals surface area contributed by atoms with E-state index in [9.17, 15) is 9.59 Å². The highest BCUT2D eigenvalue weighted by atomic mass is 16.5. The fraction of sp³-hybridized carbons (Fsp3) is 0.238. The van der Waals surface area contributed by atoms with E-state index in [0.29, 0.717) is 13.2 Å². The lowest BCUT2D eigenvalue weighted by Gasteiger charge is -2.27. The highest BCUT2D eigenvalue weighted by Crippen LogP contribution is 2.22. The van der Waals surface area contributed by atoms with Crippen molar-refractivity contribution in [3.05, 3.63) is 78.4 Å². The van der Waals surface area contributed by atoms with Crippen LogP contribution in [0.1, 0.15) is 17.2 Å². The molecular formula is C21H25N3O3. The summed E-state index contributed by atoms with van der Waals surface area (Å²) in [5, 5.41) is 4.77.